The average molecular weight is 312 g/mol. The summed E-state index contributed by atoms with van der Waals surface area (Å²) in [6.45, 7) is 5.45. The van der Waals surface area contributed by atoms with Gasteiger partial charge < -0.3 is 5.32 Å². The maximum Gasteiger partial charge on any atom is 0.144 e. The van der Waals surface area contributed by atoms with Crippen LogP contribution in [0.3, 0.4) is 0 Å². The third-order valence-electron chi connectivity index (χ3n) is 3.61. The maximum atomic E-state index is 4.70. The average Bonchev–Trinajstić information content (AvgIpc) is 2.38. The molecule has 0 radical (unpaired) electrons. The summed E-state index contributed by atoms with van der Waals surface area (Å²) in [6, 6.07) is 0. The maximum absolute atomic E-state index is 4.70. The summed E-state index contributed by atoms with van der Waals surface area (Å²) in [5.74, 6) is 3.32. The number of halogens is 1. The lowest BCUT2D eigenvalue weighted by molar-refractivity contribution is 0.335. The highest BCUT2D eigenvalue weighted by Crippen LogP contribution is 2.35. The molecule has 18 heavy (non-hydrogen) atoms. The molecule has 0 aliphatic heterocycles. The van der Waals surface area contributed by atoms with Crippen LogP contribution >= 0.6 is 15.9 Å². The van der Waals surface area contributed by atoms with Gasteiger partial charge in [-0.25, -0.2) is 9.97 Å². The van der Waals surface area contributed by atoms with Crippen molar-refractivity contribution in [3.05, 3.63) is 16.5 Å². The van der Waals surface area contributed by atoms with E-state index in [-0.39, 0.29) is 0 Å². The van der Waals surface area contributed by atoms with E-state index in [1.807, 2.05) is 6.20 Å². The Balaban J connectivity index is 2.12. The zero-order valence-corrected chi connectivity index (χ0v) is 12.8. The predicted octanol–water partition coefficient (Wildman–Crippen LogP) is 4.35. The highest BCUT2D eigenvalue weighted by Gasteiger charge is 2.23. The number of nitrogens with one attached hydrogen (secondary N) is 1. The Morgan fingerprint density at radius 2 is 2.28 bits per heavy atom. The van der Waals surface area contributed by atoms with E-state index in [1.165, 1.54) is 25.7 Å². The van der Waals surface area contributed by atoms with Crippen LogP contribution in [0.5, 0.6) is 0 Å². The fraction of sp³-hybridized carbons (Fsp3) is 0.714. The van der Waals surface area contributed by atoms with Crippen molar-refractivity contribution in [2.45, 2.75) is 51.9 Å². The second-order valence-electron chi connectivity index (χ2n) is 5.32. The van der Waals surface area contributed by atoms with Gasteiger partial charge in [0.15, 0.2) is 0 Å². The number of anilines is 1. The molecular formula is C14H22BrN3. The van der Waals surface area contributed by atoms with Gasteiger partial charge in [0, 0.05) is 18.7 Å². The number of hydrogen-bond acceptors (Lipinski definition) is 3. The number of nitrogens with zero attached hydrogens (tertiary/aromatic N) is 2. The second-order valence-corrected chi connectivity index (χ2v) is 6.17. The number of rotatable bonds is 4. The van der Waals surface area contributed by atoms with Crippen LogP contribution in [0.1, 0.15) is 57.7 Å². The molecule has 2 atom stereocenters. The summed E-state index contributed by atoms with van der Waals surface area (Å²) < 4.78 is 0.962. The molecule has 1 aromatic heterocycles. The zero-order valence-electron chi connectivity index (χ0n) is 11.2. The normalized spacial score (nSPS) is 23.9. The third kappa shape index (κ3) is 3.44. The Bertz CT molecular complexity index is 395. The van der Waals surface area contributed by atoms with Crippen molar-refractivity contribution in [3.63, 3.8) is 0 Å². The lowest BCUT2D eigenvalue weighted by Gasteiger charge is -2.25. The molecule has 1 saturated carbocycles. The highest BCUT2D eigenvalue weighted by atomic mass is 79.9. The molecule has 0 aromatic carbocycles. The third-order valence-corrected chi connectivity index (χ3v) is 4.19. The summed E-state index contributed by atoms with van der Waals surface area (Å²) in [7, 11) is 0. The first kappa shape index (κ1) is 13.8. The van der Waals surface area contributed by atoms with Gasteiger partial charge in [0.05, 0.1) is 4.47 Å². The fourth-order valence-electron chi connectivity index (χ4n) is 2.61. The van der Waals surface area contributed by atoms with Crippen LogP contribution in [0.15, 0.2) is 10.7 Å². The molecule has 4 heteroatoms. The topological polar surface area (TPSA) is 37.8 Å². The van der Waals surface area contributed by atoms with E-state index >= 15 is 0 Å². The van der Waals surface area contributed by atoms with Gasteiger partial charge in [0.1, 0.15) is 11.6 Å². The molecule has 0 amide bonds. The highest BCUT2D eigenvalue weighted by molar-refractivity contribution is 9.10. The minimum atomic E-state index is 0.545. The minimum Gasteiger partial charge on any atom is -0.369 e. The molecule has 2 rings (SSSR count). The van der Waals surface area contributed by atoms with E-state index in [4.69, 9.17) is 4.98 Å². The molecule has 0 saturated heterocycles. The van der Waals surface area contributed by atoms with Crippen LogP contribution < -0.4 is 5.32 Å². The van der Waals surface area contributed by atoms with E-state index in [1.54, 1.807) is 0 Å². The van der Waals surface area contributed by atoms with Gasteiger partial charge in [-0.2, -0.15) is 0 Å². The second kappa shape index (κ2) is 6.50. The SMILES string of the molecule is CCCNc1nc(C2CCCC(C)C2)ncc1Br. The molecule has 100 valence electrons. The van der Waals surface area contributed by atoms with Crippen LogP contribution in [-0.4, -0.2) is 16.5 Å². The fourth-order valence-corrected chi connectivity index (χ4v) is 2.94. The van der Waals surface area contributed by atoms with Gasteiger partial charge in [-0.1, -0.05) is 26.7 Å². The Morgan fingerprint density at radius 1 is 1.44 bits per heavy atom. The molecule has 1 aromatic rings. The Kier molecular flexibility index (Phi) is 4.98. The quantitative estimate of drug-likeness (QED) is 0.898. The number of hydrogen-bond donors (Lipinski definition) is 1. The van der Waals surface area contributed by atoms with Gasteiger partial charge in [-0.15, -0.1) is 0 Å². The molecule has 2 unspecified atom stereocenters. The van der Waals surface area contributed by atoms with E-state index in [9.17, 15) is 0 Å². The van der Waals surface area contributed by atoms with E-state index in [0.29, 0.717) is 5.92 Å². The summed E-state index contributed by atoms with van der Waals surface area (Å²) >= 11 is 3.51. The van der Waals surface area contributed by atoms with Crippen molar-refractivity contribution in [1.29, 1.82) is 0 Å². The molecule has 1 N–H and O–H groups in total. The van der Waals surface area contributed by atoms with Crippen LogP contribution in [0, 0.1) is 5.92 Å². The van der Waals surface area contributed by atoms with Crippen molar-refractivity contribution in [2.24, 2.45) is 5.92 Å². The molecule has 1 heterocycles. The summed E-state index contributed by atoms with van der Waals surface area (Å²) in [5.41, 5.74) is 0. The molecule has 1 fully saturated rings. The molecular weight excluding hydrogens is 290 g/mol. The first-order valence-electron chi connectivity index (χ1n) is 6.97. The van der Waals surface area contributed by atoms with Crippen molar-refractivity contribution in [1.82, 2.24) is 9.97 Å². The van der Waals surface area contributed by atoms with Gasteiger partial charge in [-0.3, -0.25) is 0 Å². The van der Waals surface area contributed by atoms with Crippen molar-refractivity contribution < 1.29 is 0 Å². The largest absolute Gasteiger partial charge is 0.369 e. The van der Waals surface area contributed by atoms with Crippen LogP contribution in [-0.2, 0) is 0 Å². The van der Waals surface area contributed by atoms with Gasteiger partial charge >= 0.3 is 0 Å². The molecule has 1 aliphatic carbocycles. The smallest absolute Gasteiger partial charge is 0.144 e. The van der Waals surface area contributed by atoms with Gasteiger partial charge in [0.25, 0.3) is 0 Å². The Labute approximate surface area is 118 Å². The van der Waals surface area contributed by atoms with E-state index < -0.39 is 0 Å². The summed E-state index contributed by atoms with van der Waals surface area (Å²) in [4.78, 5) is 9.21. The molecule has 0 spiro atoms. The molecule has 1 aliphatic rings. The van der Waals surface area contributed by atoms with E-state index in [2.05, 4.69) is 40.1 Å². The molecule has 0 bridgehead atoms. The summed E-state index contributed by atoms with van der Waals surface area (Å²) in [5, 5.41) is 3.36. The standard InChI is InChI=1S/C14H22BrN3/c1-3-7-16-14-12(15)9-17-13(18-14)11-6-4-5-10(2)8-11/h9-11H,3-8H2,1-2H3,(H,16,17,18). The van der Waals surface area contributed by atoms with Crippen molar-refractivity contribution in [3.8, 4) is 0 Å². The first-order valence-corrected chi connectivity index (χ1v) is 7.76. The zero-order chi connectivity index (χ0) is 13.0. The number of aromatic nitrogens is 2. The van der Waals surface area contributed by atoms with Gasteiger partial charge in [0.2, 0.25) is 0 Å². The Hall–Kier alpha value is -0.640. The van der Waals surface area contributed by atoms with Crippen molar-refractivity contribution in [2.75, 3.05) is 11.9 Å². The van der Waals surface area contributed by atoms with Crippen molar-refractivity contribution >= 4 is 21.7 Å². The van der Waals surface area contributed by atoms with Crippen LogP contribution in [0.2, 0.25) is 0 Å². The van der Waals surface area contributed by atoms with Crippen LogP contribution in [0.4, 0.5) is 5.82 Å². The minimum absolute atomic E-state index is 0.545. The van der Waals surface area contributed by atoms with Gasteiger partial charge in [-0.05, 0) is 41.1 Å². The van der Waals surface area contributed by atoms with Crippen LogP contribution in [0.25, 0.3) is 0 Å². The predicted molar refractivity (Wildman–Crippen MR) is 78.9 cm³/mol. The summed E-state index contributed by atoms with van der Waals surface area (Å²) in [6.07, 6.45) is 8.12. The monoisotopic (exact) mass is 311 g/mol. The lowest BCUT2D eigenvalue weighted by atomic mass is 9.82. The Morgan fingerprint density at radius 3 is 3.00 bits per heavy atom. The first-order chi connectivity index (χ1) is 8.70. The molecule has 3 nitrogen and oxygen atoms in total. The lowest BCUT2D eigenvalue weighted by Crippen LogP contribution is -2.15. The van der Waals surface area contributed by atoms with E-state index in [0.717, 1.165) is 35.0 Å².